The number of allylic oxidation sites excluding steroid dienone is 5. The van der Waals surface area contributed by atoms with Crippen LogP contribution in [0.4, 0.5) is 0 Å². The molecule has 2 aliphatic carbocycles. The van der Waals surface area contributed by atoms with Crippen molar-refractivity contribution >= 4 is 24.0 Å². The smallest absolute Gasteiger partial charge is 0.333 e. The molecular weight excluding hydrogens is 556 g/mol. The number of aliphatic carboxylic acids is 2. The highest BCUT2D eigenvalue weighted by Gasteiger charge is 2.36. The van der Waals surface area contributed by atoms with Gasteiger partial charge in [0.15, 0.2) is 0 Å². The number of hydrogen-bond donors (Lipinski definition) is 2. The fraction of sp³-hybridized carbons (Fsp3) is 0.432. The van der Waals surface area contributed by atoms with Crippen molar-refractivity contribution in [1.82, 2.24) is 0 Å². The molecule has 1 heterocycles. The maximum Gasteiger partial charge on any atom is 0.333 e. The summed E-state index contributed by atoms with van der Waals surface area (Å²) in [7, 11) is 0. The topological polar surface area (TPSA) is 113 Å². The van der Waals surface area contributed by atoms with Crippen molar-refractivity contribution in [3.8, 4) is 0 Å². The molecule has 44 heavy (non-hydrogen) atoms. The molecule has 1 aliphatic heterocycles. The second-order valence-electron chi connectivity index (χ2n) is 11.6. The summed E-state index contributed by atoms with van der Waals surface area (Å²) in [6.07, 6.45) is 18.9. The Kier molecular flexibility index (Phi) is 15.9. The van der Waals surface area contributed by atoms with Gasteiger partial charge in [0, 0.05) is 16.7 Å². The number of ether oxygens (including phenoxy) is 2. The lowest BCUT2D eigenvalue weighted by Crippen LogP contribution is -2.25. The average Bonchev–Trinajstić information content (AvgIpc) is 3.40. The second-order valence-corrected chi connectivity index (χ2v) is 11.6. The molecule has 7 heteroatoms. The van der Waals surface area contributed by atoms with Crippen molar-refractivity contribution in [2.45, 2.75) is 71.3 Å². The molecule has 0 radical (unpaired) electrons. The first-order chi connectivity index (χ1) is 21.0. The number of hydrogen-bond acceptors (Lipinski definition) is 5. The van der Waals surface area contributed by atoms with Crippen LogP contribution in [0.25, 0.3) is 6.08 Å². The molecule has 1 atom stereocenters. The highest BCUT2D eigenvalue weighted by atomic mass is 16.6. The van der Waals surface area contributed by atoms with E-state index >= 15 is 0 Å². The molecule has 1 aromatic carbocycles. The van der Waals surface area contributed by atoms with E-state index in [1.165, 1.54) is 51.4 Å². The van der Waals surface area contributed by atoms with Crippen LogP contribution in [0.1, 0.15) is 70.8 Å². The lowest BCUT2D eigenvalue weighted by Gasteiger charge is -2.29. The van der Waals surface area contributed by atoms with E-state index in [-0.39, 0.29) is 18.0 Å². The van der Waals surface area contributed by atoms with E-state index in [4.69, 9.17) is 14.6 Å². The molecule has 2 N–H and O–H groups in total. The first-order valence-electron chi connectivity index (χ1n) is 15.4. The molecule has 238 valence electrons. The molecule has 2 saturated carbocycles. The average molecular weight is 605 g/mol. The number of esters is 1. The summed E-state index contributed by atoms with van der Waals surface area (Å²) >= 11 is 0. The quantitative estimate of drug-likeness (QED) is 0.108. The number of carbonyl (C=O) groups is 3. The van der Waals surface area contributed by atoms with Crippen LogP contribution in [0.15, 0.2) is 96.7 Å². The molecule has 0 aromatic heterocycles. The van der Waals surface area contributed by atoms with Gasteiger partial charge in [0.05, 0.1) is 6.61 Å². The number of carboxylic acid groups (broad SMARTS) is 2. The Morgan fingerprint density at radius 3 is 1.93 bits per heavy atom. The van der Waals surface area contributed by atoms with Gasteiger partial charge in [-0.2, -0.15) is 0 Å². The molecule has 0 spiro atoms. The van der Waals surface area contributed by atoms with Crippen molar-refractivity contribution in [3.63, 3.8) is 0 Å². The summed E-state index contributed by atoms with van der Waals surface area (Å²) in [5.41, 5.74) is 3.07. The zero-order chi connectivity index (χ0) is 32.5. The summed E-state index contributed by atoms with van der Waals surface area (Å²) in [4.78, 5) is 32.6. The Bertz CT molecular complexity index is 1210. The summed E-state index contributed by atoms with van der Waals surface area (Å²) < 4.78 is 9.60. The van der Waals surface area contributed by atoms with Gasteiger partial charge < -0.3 is 19.7 Å². The standard InChI is InChI=1S/C16H16O2.C14H22O2.C7H10O3/c1-3-7-15(12-13(2)16(17)18)11-10-14-8-5-4-6-9-14;1-10(14(15)16)13(11-6-2-3-7-11)12-8-4-5-9-12;1-5(2)7(8)10-4-6-3-9-6/h3-12H,1H2,2H3,(H,17,18);11-13H,1-9H2,(H,15,16);6H,1,3-4H2,2H3. The van der Waals surface area contributed by atoms with Gasteiger partial charge >= 0.3 is 17.9 Å². The maximum atomic E-state index is 11.2. The Morgan fingerprint density at radius 1 is 0.955 bits per heavy atom. The van der Waals surface area contributed by atoms with Crippen molar-refractivity contribution in [1.29, 1.82) is 0 Å². The van der Waals surface area contributed by atoms with Gasteiger partial charge in [0.25, 0.3) is 0 Å². The van der Waals surface area contributed by atoms with Gasteiger partial charge in [0.1, 0.15) is 12.7 Å². The molecule has 7 nitrogen and oxygen atoms in total. The molecule has 1 unspecified atom stereocenters. The zero-order valence-corrected chi connectivity index (χ0v) is 26.2. The van der Waals surface area contributed by atoms with Gasteiger partial charge in [-0.25, -0.2) is 14.4 Å². The van der Waals surface area contributed by atoms with E-state index in [1.807, 2.05) is 42.5 Å². The SMILES string of the molecule is C=C(C(=O)O)C(C1CCCC1)C1CCCC1.C=C(C)C(=O)OCC1CO1.C=CC=C(C=Cc1ccccc1)C=C(C)C(=O)O. The number of rotatable bonds is 12. The van der Waals surface area contributed by atoms with Gasteiger partial charge in [0.2, 0.25) is 0 Å². The molecule has 0 bridgehead atoms. The molecule has 3 aliphatic rings. The van der Waals surface area contributed by atoms with Crippen LogP contribution in [0.2, 0.25) is 0 Å². The minimum absolute atomic E-state index is 0.142. The number of benzene rings is 1. The van der Waals surface area contributed by atoms with Crippen LogP contribution in [-0.4, -0.2) is 47.4 Å². The Morgan fingerprint density at radius 2 is 1.50 bits per heavy atom. The highest BCUT2D eigenvalue weighted by molar-refractivity contribution is 5.87. The minimum Gasteiger partial charge on any atom is -0.478 e. The zero-order valence-electron chi connectivity index (χ0n) is 26.2. The number of carbonyl (C=O) groups excluding carboxylic acids is 1. The van der Waals surface area contributed by atoms with E-state index in [0.717, 1.165) is 11.1 Å². The summed E-state index contributed by atoms with van der Waals surface area (Å²) in [6.45, 7) is 15.2. The third-order valence-corrected chi connectivity index (χ3v) is 7.94. The third kappa shape index (κ3) is 13.6. The van der Waals surface area contributed by atoms with Gasteiger partial charge in [-0.05, 0) is 74.5 Å². The van der Waals surface area contributed by atoms with Crippen molar-refractivity contribution in [3.05, 3.63) is 102 Å². The lowest BCUT2D eigenvalue weighted by atomic mass is 9.75. The predicted octanol–water partition coefficient (Wildman–Crippen LogP) is 7.97. The van der Waals surface area contributed by atoms with Crippen molar-refractivity contribution < 1.29 is 34.1 Å². The number of carboxylic acids is 2. The van der Waals surface area contributed by atoms with E-state index in [2.05, 4.69) is 19.7 Å². The normalized spacial score (nSPS) is 18.6. The van der Waals surface area contributed by atoms with Crippen molar-refractivity contribution in [2.24, 2.45) is 17.8 Å². The van der Waals surface area contributed by atoms with Gasteiger partial charge in [-0.1, -0.05) is 100 Å². The van der Waals surface area contributed by atoms with E-state index in [0.29, 0.717) is 41.8 Å². The highest BCUT2D eigenvalue weighted by Crippen LogP contribution is 2.44. The van der Waals surface area contributed by atoms with Crippen LogP contribution in [0, 0.1) is 17.8 Å². The lowest BCUT2D eigenvalue weighted by molar-refractivity contribution is -0.139. The fourth-order valence-corrected chi connectivity index (χ4v) is 5.54. The first-order valence-corrected chi connectivity index (χ1v) is 15.4. The molecule has 4 rings (SSSR count). The molecule has 0 amide bonds. The van der Waals surface area contributed by atoms with Crippen LogP contribution >= 0.6 is 0 Å². The summed E-state index contributed by atoms with van der Waals surface area (Å²) in [5.74, 6) is -0.557. The number of epoxide rings is 1. The van der Waals surface area contributed by atoms with Crippen LogP contribution in [0.3, 0.4) is 0 Å². The van der Waals surface area contributed by atoms with E-state index in [1.54, 1.807) is 32.1 Å². The first kappa shape index (κ1) is 36.2. The molecular formula is C37H48O7. The maximum absolute atomic E-state index is 11.2. The predicted molar refractivity (Wildman–Crippen MR) is 175 cm³/mol. The van der Waals surface area contributed by atoms with E-state index in [9.17, 15) is 19.5 Å². The largest absolute Gasteiger partial charge is 0.478 e. The van der Waals surface area contributed by atoms with Crippen molar-refractivity contribution in [2.75, 3.05) is 13.2 Å². The molecule has 1 saturated heterocycles. The monoisotopic (exact) mass is 604 g/mol. The summed E-state index contributed by atoms with van der Waals surface area (Å²) in [6, 6.07) is 9.82. The minimum atomic E-state index is -0.918. The van der Waals surface area contributed by atoms with Crippen LogP contribution in [0.5, 0.6) is 0 Å². The van der Waals surface area contributed by atoms with Crippen LogP contribution < -0.4 is 0 Å². The third-order valence-electron chi connectivity index (χ3n) is 7.94. The fourth-order valence-electron chi connectivity index (χ4n) is 5.54. The van der Waals surface area contributed by atoms with E-state index < -0.39 is 11.9 Å². The molecule has 1 aromatic rings. The second kappa shape index (κ2) is 19.3. The Labute approximate surface area is 262 Å². The summed E-state index contributed by atoms with van der Waals surface area (Å²) in [5, 5.41) is 18.0. The Balaban J connectivity index is 0.000000239. The van der Waals surface area contributed by atoms with Gasteiger partial charge in [-0.15, -0.1) is 0 Å². The van der Waals surface area contributed by atoms with Gasteiger partial charge in [-0.3, -0.25) is 0 Å². The Hall–Kier alpha value is -3.97. The van der Waals surface area contributed by atoms with Crippen LogP contribution in [-0.2, 0) is 23.9 Å². The molecule has 3 fully saturated rings.